The molecule has 4 bridgehead atoms. The Morgan fingerprint density at radius 3 is 2.56 bits per heavy atom. The minimum atomic E-state index is -1.44. The van der Waals surface area contributed by atoms with Crippen molar-refractivity contribution in [3.8, 4) is 61.8 Å². The molecule has 0 radical (unpaired) electrons. The molecule has 3 aromatic heterocycles. The summed E-state index contributed by atoms with van der Waals surface area (Å²) >= 11 is 8.59. The van der Waals surface area contributed by atoms with Crippen molar-refractivity contribution in [3.63, 3.8) is 0 Å². The summed E-state index contributed by atoms with van der Waals surface area (Å²) in [6.07, 6.45) is 0.986. The number of thiophene rings is 1. The van der Waals surface area contributed by atoms with Crippen LogP contribution in [-0.4, -0.2) is 107 Å². The lowest BCUT2D eigenvalue weighted by atomic mass is 9.96. The fourth-order valence-corrected chi connectivity index (χ4v) is 9.30. The van der Waals surface area contributed by atoms with Crippen molar-refractivity contribution in [2.45, 2.75) is 32.2 Å². The quantitative estimate of drug-likeness (QED) is 0.148. The lowest BCUT2D eigenvalue weighted by Gasteiger charge is -2.34. The van der Waals surface area contributed by atoms with Crippen molar-refractivity contribution in [1.82, 2.24) is 29.7 Å². The van der Waals surface area contributed by atoms with E-state index in [1.165, 1.54) is 29.8 Å². The summed E-state index contributed by atoms with van der Waals surface area (Å²) in [5.74, 6) is 0.934. The predicted molar refractivity (Wildman–Crippen MR) is 242 cm³/mol. The highest BCUT2D eigenvalue weighted by molar-refractivity contribution is 7.22. The number of carbonyl (C=O) groups is 1. The summed E-state index contributed by atoms with van der Waals surface area (Å²) in [6, 6.07) is 24.5. The minimum Gasteiger partial charge on any atom is -0.496 e. The summed E-state index contributed by atoms with van der Waals surface area (Å²) in [5, 5.41) is 11.7. The first-order valence-corrected chi connectivity index (χ1v) is 21.9. The van der Waals surface area contributed by atoms with Gasteiger partial charge in [-0.1, -0.05) is 41.9 Å². The molecule has 1 unspecified atom stereocenters. The van der Waals surface area contributed by atoms with Gasteiger partial charge in [-0.25, -0.2) is 29.1 Å². The molecule has 0 amide bonds. The van der Waals surface area contributed by atoms with E-state index >= 15 is 0 Å². The van der Waals surface area contributed by atoms with E-state index < -0.39 is 18.2 Å². The number of halogens is 2. The summed E-state index contributed by atoms with van der Waals surface area (Å²) in [4.78, 5) is 37.5. The molecule has 3 aliphatic heterocycles. The molecule has 3 aliphatic rings. The number of ether oxygens (including phenoxy) is 5. The standard InChI is InChI=1S/C48H44ClFN6O7S/c1-28-35-13-15-39(43(28)49)62-34(24-56-20-18-55(2)19-21-56)26-60-33-12-14-37(61-25-32-16-17-51-45(54-32)36-6-4-5-7-38(36)59-3)30(22-33)23-40(48(57)58)63-46-42-41(35)44(64-47(42)53-27-52-46)29-8-10-31(50)11-9-29/h4-17,22,27,34,40H,18-21,23-26H2,1-3H3,(H,57,58)/t34?,40-/m1/s1. The zero-order valence-electron chi connectivity index (χ0n) is 35.3. The highest BCUT2D eigenvalue weighted by atomic mass is 35.5. The van der Waals surface area contributed by atoms with Gasteiger partial charge in [-0.15, -0.1) is 11.3 Å². The lowest BCUT2D eigenvalue weighted by Crippen LogP contribution is -2.49. The van der Waals surface area contributed by atoms with E-state index in [0.29, 0.717) is 73.0 Å². The summed E-state index contributed by atoms with van der Waals surface area (Å²) in [7, 11) is 3.71. The van der Waals surface area contributed by atoms with Crippen LogP contribution in [0.4, 0.5) is 4.39 Å². The summed E-state index contributed by atoms with van der Waals surface area (Å²) in [5.41, 5.74) is 4.67. The van der Waals surface area contributed by atoms with E-state index in [4.69, 9.17) is 40.3 Å². The van der Waals surface area contributed by atoms with Crippen molar-refractivity contribution in [2.24, 2.45) is 0 Å². The van der Waals surface area contributed by atoms with Crippen molar-refractivity contribution in [2.75, 3.05) is 53.5 Å². The fourth-order valence-electron chi connectivity index (χ4n) is 7.94. The van der Waals surface area contributed by atoms with Crippen LogP contribution in [0.15, 0.2) is 97.5 Å². The van der Waals surface area contributed by atoms with Crippen LogP contribution in [-0.2, 0) is 17.8 Å². The molecule has 7 aromatic rings. The third kappa shape index (κ3) is 9.15. The molecule has 1 fully saturated rings. The van der Waals surface area contributed by atoms with Gasteiger partial charge in [0.05, 0.1) is 28.8 Å². The van der Waals surface area contributed by atoms with E-state index in [1.54, 1.807) is 49.7 Å². The van der Waals surface area contributed by atoms with Crippen LogP contribution in [0.25, 0.3) is 43.2 Å². The number of methoxy groups -OCH3 is 1. The van der Waals surface area contributed by atoms with Gasteiger partial charge in [-0.3, -0.25) is 4.90 Å². The van der Waals surface area contributed by atoms with Gasteiger partial charge >= 0.3 is 5.97 Å². The Labute approximate surface area is 378 Å². The van der Waals surface area contributed by atoms with Crippen molar-refractivity contribution in [3.05, 3.63) is 125 Å². The number of hydrogen-bond acceptors (Lipinski definition) is 13. The van der Waals surface area contributed by atoms with Crippen LogP contribution in [0.2, 0.25) is 5.02 Å². The van der Waals surface area contributed by atoms with Crippen molar-refractivity contribution >= 4 is 39.1 Å². The second kappa shape index (κ2) is 18.8. The smallest absolute Gasteiger partial charge is 0.345 e. The minimum absolute atomic E-state index is 0.0473. The molecule has 6 heterocycles. The predicted octanol–water partition coefficient (Wildman–Crippen LogP) is 8.63. The zero-order valence-corrected chi connectivity index (χ0v) is 36.9. The maximum absolute atomic E-state index is 14.3. The van der Waals surface area contributed by atoms with E-state index in [2.05, 4.69) is 31.8 Å². The highest BCUT2D eigenvalue weighted by Gasteiger charge is 2.30. The number of hydrogen-bond donors (Lipinski definition) is 1. The Morgan fingerprint density at radius 1 is 0.953 bits per heavy atom. The van der Waals surface area contributed by atoms with Crippen LogP contribution >= 0.6 is 22.9 Å². The van der Waals surface area contributed by atoms with Crippen LogP contribution in [0, 0.1) is 12.7 Å². The lowest BCUT2D eigenvalue weighted by molar-refractivity contribution is -0.145. The maximum Gasteiger partial charge on any atom is 0.345 e. The Balaban J connectivity index is 1.13. The number of nitrogens with zero attached hydrogens (tertiary/aromatic N) is 6. The molecular weight excluding hydrogens is 859 g/mol. The number of para-hydroxylation sites is 1. The van der Waals surface area contributed by atoms with Gasteiger partial charge in [0.25, 0.3) is 0 Å². The Bertz CT molecular complexity index is 2820. The van der Waals surface area contributed by atoms with Gasteiger partial charge in [0.1, 0.15) is 59.3 Å². The molecule has 64 heavy (non-hydrogen) atoms. The third-order valence-electron chi connectivity index (χ3n) is 11.4. The molecule has 0 aliphatic carbocycles. The monoisotopic (exact) mass is 902 g/mol. The van der Waals surface area contributed by atoms with E-state index in [-0.39, 0.29) is 31.3 Å². The third-order valence-corrected chi connectivity index (χ3v) is 13.0. The number of carboxylic acids is 1. The molecule has 16 heteroatoms. The number of aliphatic carboxylic acids is 1. The number of fused-ring (bicyclic) bond motifs is 7. The molecule has 0 saturated carbocycles. The average molecular weight is 903 g/mol. The fraction of sp³-hybridized carbons (Fsp3) is 0.271. The van der Waals surface area contributed by atoms with Gasteiger partial charge in [-0.05, 0) is 85.3 Å². The van der Waals surface area contributed by atoms with Gasteiger partial charge in [0.2, 0.25) is 12.0 Å². The van der Waals surface area contributed by atoms with Crippen molar-refractivity contribution in [1.29, 1.82) is 0 Å². The molecule has 1 N–H and O–H groups in total. The van der Waals surface area contributed by atoms with Gasteiger partial charge in [0.15, 0.2) is 5.82 Å². The number of benzene rings is 4. The molecule has 0 spiro atoms. The normalized spacial score (nSPS) is 17.0. The molecule has 4 aromatic carbocycles. The van der Waals surface area contributed by atoms with Crippen LogP contribution in [0.5, 0.6) is 28.9 Å². The number of piperazine rings is 1. The molecule has 2 atom stereocenters. The zero-order chi connectivity index (χ0) is 44.3. The molecule has 328 valence electrons. The second-order valence-electron chi connectivity index (χ2n) is 15.7. The number of carboxylic acid groups (broad SMARTS) is 1. The van der Waals surface area contributed by atoms with Gasteiger partial charge in [0, 0.05) is 61.3 Å². The summed E-state index contributed by atoms with van der Waals surface area (Å²) in [6.45, 7) is 6.27. The molecule has 1 saturated heterocycles. The van der Waals surface area contributed by atoms with E-state index in [9.17, 15) is 14.3 Å². The van der Waals surface area contributed by atoms with Gasteiger partial charge < -0.3 is 33.7 Å². The first-order valence-electron chi connectivity index (χ1n) is 20.8. The molecular formula is C48H44ClFN6O7S. The molecule has 10 rings (SSSR count). The van der Waals surface area contributed by atoms with Gasteiger partial charge in [-0.2, -0.15) is 0 Å². The molecule has 13 nitrogen and oxygen atoms in total. The van der Waals surface area contributed by atoms with Crippen LogP contribution in [0.3, 0.4) is 0 Å². The maximum atomic E-state index is 14.3. The Morgan fingerprint density at radius 2 is 1.77 bits per heavy atom. The summed E-state index contributed by atoms with van der Waals surface area (Å²) < 4.78 is 45.9. The topological polar surface area (TPSA) is 141 Å². The number of rotatable bonds is 9. The van der Waals surface area contributed by atoms with Crippen molar-refractivity contribution < 1.29 is 38.0 Å². The Hall–Kier alpha value is -6.39. The number of likely N-dealkylation sites (N-methyl/N-ethyl adjacent to an activating group) is 1. The Kier molecular flexibility index (Phi) is 12.6. The van der Waals surface area contributed by atoms with E-state index in [0.717, 1.165) is 47.7 Å². The largest absolute Gasteiger partial charge is 0.496 e. The SMILES string of the molecule is COc1ccccc1-c1nccc(COc2ccc3cc2C[C@H](C(=O)O)Oc2ncnc4sc(-c5ccc(F)cc5)c(c24)-c2ccc(c(Cl)c2C)OC(CN2CCN(C)CC2)CO3)n1. The van der Waals surface area contributed by atoms with Crippen LogP contribution in [0.1, 0.15) is 16.8 Å². The first-order chi connectivity index (χ1) is 31.1. The van der Waals surface area contributed by atoms with Crippen LogP contribution < -0.4 is 23.7 Å². The first kappa shape index (κ1) is 42.9. The highest BCUT2D eigenvalue weighted by Crippen LogP contribution is 2.49. The van der Waals surface area contributed by atoms with E-state index in [1.807, 2.05) is 43.3 Å². The second-order valence-corrected chi connectivity index (χ2v) is 17.0. The average Bonchev–Trinajstić information content (AvgIpc) is 3.70. The number of aromatic nitrogens is 4.